The summed E-state index contributed by atoms with van der Waals surface area (Å²) in [4.78, 5) is 29.1. The van der Waals surface area contributed by atoms with E-state index in [4.69, 9.17) is 0 Å². The van der Waals surface area contributed by atoms with E-state index in [0.29, 0.717) is 19.6 Å². The van der Waals surface area contributed by atoms with Crippen molar-refractivity contribution in [2.75, 3.05) is 33.7 Å². The van der Waals surface area contributed by atoms with Crippen molar-refractivity contribution in [3.05, 3.63) is 35.9 Å². The highest BCUT2D eigenvalue weighted by Crippen LogP contribution is 2.21. The van der Waals surface area contributed by atoms with Gasteiger partial charge in [-0.25, -0.2) is 0 Å². The zero-order chi connectivity index (χ0) is 18.2. The van der Waals surface area contributed by atoms with E-state index < -0.39 is 5.41 Å². The fourth-order valence-electron chi connectivity index (χ4n) is 2.44. The number of hydrogen-bond acceptors (Lipinski definition) is 3. The van der Waals surface area contributed by atoms with Crippen LogP contribution in [0.1, 0.15) is 32.8 Å². The maximum Gasteiger partial charge on any atom is 0.237 e. The van der Waals surface area contributed by atoms with Crippen LogP contribution in [0.5, 0.6) is 0 Å². The zero-order valence-electron chi connectivity index (χ0n) is 15.6. The molecule has 1 aromatic carbocycles. The molecule has 5 heteroatoms. The van der Waals surface area contributed by atoms with E-state index in [9.17, 15) is 9.59 Å². The van der Waals surface area contributed by atoms with Gasteiger partial charge < -0.3 is 15.1 Å². The van der Waals surface area contributed by atoms with Gasteiger partial charge in [0.05, 0.1) is 0 Å². The van der Waals surface area contributed by atoms with E-state index in [1.165, 1.54) is 0 Å². The van der Waals surface area contributed by atoms with E-state index in [2.05, 4.69) is 10.2 Å². The lowest BCUT2D eigenvalue weighted by atomic mass is 9.90. The molecule has 1 N–H and O–H groups in total. The van der Waals surface area contributed by atoms with Crippen molar-refractivity contribution < 1.29 is 9.59 Å². The molecule has 0 aliphatic heterocycles. The molecule has 24 heavy (non-hydrogen) atoms. The molecule has 0 saturated carbocycles. The van der Waals surface area contributed by atoms with Crippen LogP contribution in [0.2, 0.25) is 0 Å². The van der Waals surface area contributed by atoms with Gasteiger partial charge in [0.2, 0.25) is 11.8 Å². The molecule has 0 unspecified atom stereocenters. The van der Waals surface area contributed by atoms with Crippen LogP contribution in [0.3, 0.4) is 0 Å². The Hall–Kier alpha value is -1.88. The van der Waals surface area contributed by atoms with Crippen molar-refractivity contribution in [2.45, 2.75) is 33.7 Å². The number of rotatable bonds is 9. The first-order chi connectivity index (χ1) is 11.3. The number of carbonyl (C=O) groups excluding carboxylic acids is 2. The van der Waals surface area contributed by atoms with Crippen molar-refractivity contribution >= 4 is 11.8 Å². The standard InChI is InChI=1S/C19H31N3O2/c1-6-22(15-16-11-8-7-9-12-16)18(24)19(2,3)17(23)20-13-10-14-21(4)5/h7-9,11-12H,6,10,13-15H2,1-5H3,(H,20,23). The third-order valence-corrected chi connectivity index (χ3v) is 4.06. The van der Waals surface area contributed by atoms with Crippen molar-refractivity contribution in [3.8, 4) is 0 Å². The number of benzene rings is 1. The van der Waals surface area contributed by atoms with E-state index in [-0.39, 0.29) is 11.8 Å². The Kier molecular flexibility index (Phi) is 7.92. The molecule has 0 spiro atoms. The minimum Gasteiger partial charge on any atom is -0.355 e. The fraction of sp³-hybridized carbons (Fsp3) is 0.579. The Morgan fingerprint density at radius 1 is 1.12 bits per heavy atom. The minimum atomic E-state index is -1.07. The summed E-state index contributed by atoms with van der Waals surface area (Å²) in [6.45, 7) is 7.92. The monoisotopic (exact) mass is 333 g/mol. The SMILES string of the molecule is CCN(Cc1ccccc1)C(=O)C(C)(C)C(=O)NCCCN(C)C. The lowest BCUT2D eigenvalue weighted by Crippen LogP contribution is -2.49. The fourth-order valence-corrected chi connectivity index (χ4v) is 2.44. The van der Waals surface area contributed by atoms with Crippen LogP contribution in [0.15, 0.2) is 30.3 Å². The molecule has 1 aromatic rings. The summed E-state index contributed by atoms with van der Waals surface area (Å²) in [6, 6.07) is 9.84. The molecule has 0 fully saturated rings. The molecule has 134 valence electrons. The second-order valence-electron chi connectivity index (χ2n) is 6.84. The summed E-state index contributed by atoms with van der Waals surface area (Å²) in [5, 5.41) is 2.89. The van der Waals surface area contributed by atoms with E-state index in [1.807, 2.05) is 51.4 Å². The van der Waals surface area contributed by atoms with Gasteiger partial charge in [0.15, 0.2) is 0 Å². The number of nitrogens with zero attached hydrogens (tertiary/aromatic N) is 2. The quantitative estimate of drug-likeness (QED) is 0.556. The Bertz CT molecular complexity index is 527. The first-order valence-electron chi connectivity index (χ1n) is 8.55. The molecule has 0 saturated heterocycles. The lowest BCUT2D eigenvalue weighted by molar-refractivity contribution is -0.148. The van der Waals surface area contributed by atoms with Crippen molar-refractivity contribution in [3.63, 3.8) is 0 Å². The summed E-state index contributed by atoms with van der Waals surface area (Å²) in [7, 11) is 4.00. The summed E-state index contributed by atoms with van der Waals surface area (Å²) in [5.74, 6) is -0.350. The van der Waals surface area contributed by atoms with E-state index >= 15 is 0 Å². The molecular formula is C19H31N3O2. The Morgan fingerprint density at radius 2 is 1.75 bits per heavy atom. The number of hydrogen-bond donors (Lipinski definition) is 1. The maximum absolute atomic E-state index is 12.8. The third-order valence-electron chi connectivity index (χ3n) is 4.06. The van der Waals surface area contributed by atoms with Crippen LogP contribution in [0, 0.1) is 5.41 Å². The molecular weight excluding hydrogens is 302 g/mol. The molecule has 2 amide bonds. The predicted molar refractivity (Wildman–Crippen MR) is 97.5 cm³/mol. The second-order valence-corrected chi connectivity index (χ2v) is 6.84. The summed E-state index contributed by atoms with van der Waals surface area (Å²) in [5.41, 5.74) is -0.00185. The normalized spacial score (nSPS) is 11.4. The van der Waals surface area contributed by atoms with Crippen LogP contribution >= 0.6 is 0 Å². The highest BCUT2D eigenvalue weighted by atomic mass is 16.2. The highest BCUT2D eigenvalue weighted by molar-refractivity contribution is 6.04. The summed E-state index contributed by atoms with van der Waals surface area (Å²) >= 11 is 0. The Labute approximate surface area is 146 Å². The minimum absolute atomic E-state index is 0.140. The molecule has 5 nitrogen and oxygen atoms in total. The number of carbonyl (C=O) groups is 2. The van der Waals surface area contributed by atoms with Crippen molar-refractivity contribution in [1.82, 2.24) is 15.1 Å². The van der Waals surface area contributed by atoms with Gasteiger partial charge in [-0.1, -0.05) is 30.3 Å². The van der Waals surface area contributed by atoms with Crippen LogP contribution in [0.4, 0.5) is 0 Å². The van der Waals surface area contributed by atoms with Gasteiger partial charge in [-0.3, -0.25) is 9.59 Å². The van der Waals surface area contributed by atoms with Gasteiger partial charge in [-0.05, 0) is 53.4 Å². The lowest BCUT2D eigenvalue weighted by Gasteiger charge is -2.30. The molecule has 0 aromatic heterocycles. The van der Waals surface area contributed by atoms with Crippen LogP contribution in [-0.2, 0) is 16.1 Å². The van der Waals surface area contributed by atoms with E-state index in [1.54, 1.807) is 18.7 Å². The molecule has 1 rings (SSSR count). The van der Waals surface area contributed by atoms with Gasteiger partial charge in [0, 0.05) is 19.6 Å². The van der Waals surface area contributed by atoms with Gasteiger partial charge in [0.1, 0.15) is 5.41 Å². The largest absolute Gasteiger partial charge is 0.355 e. The Morgan fingerprint density at radius 3 is 2.29 bits per heavy atom. The van der Waals surface area contributed by atoms with Gasteiger partial charge in [0.25, 0.3) is 0 Å². The predicted octanol–water partition coefficient (Wildman–Crippen LogP) is 2.13. The average molecular weight is 333 g/mol. The van der Waals surface area contributed by atoms with Gasteiger partial charge >= 0.3 is 0 Å². The molecule has 0 heterocycles. The number of amides is 2. The first kappa shape index (κ1) is 20.2. The third kappa shape index (κ3) is 5.96. The van der Waals surface area contributed by atoms with Crippen LogP contribution < -0.4 is 5.32 Å². The van der Waals surface area contributed by atoms with E-state index in [0.717, 1.165) is 18.5 Å². The number of nitrogens with one attached hydrogen (secondary N) is 1. The average Bonchev–Trinajstić information content (AvgIpc) is 2.56. The van der Waals surface area contributed by atoms with Crippen molar-refractivity contribution in [1.29, 1.82) is 0 Å². The van der Waals surface area contributed by atoms with Gasteiger partial charge in [-0.15, -0.1) is 0 Å². The first-order valence-corrected chi connectivity index (χ1v) is 8.55. The molecule has 0 atom stereocenters. The molecule has 0 aliphatic carbocycles. The topological polar surface area (TPSA) is 52.7 Å². The summed E-state index contributed by atoms with van der Waals surface area (Å²) in [6.07, 6.45) is 0.866. The smallest absolute Gasteiger partial charge is 0.237 e. The second kappa shape index (κ2) is 9.42. The van der Waals surface area contributed by atoms with Crippen LogP contribution in [-0.4, -0.2) is 55.3 Å². The Balaban J connectivity index is 2.65. The van der Waals surface area contributed by atoms with Gasteiger partial charge in [-0.2, -0.15) is 0 Å². The zero-order valence-corrected chi connectivity index (χ0v) is 15.6. The molecule has 0 radical (unpaired) electrons. The van der Waals surface area contributed by atoms with Crippen molar-refractivity contribution in [2.24, 2.45) is 5.41 Å². The summed E-state index contributed by atoms with van der Waals surface area (Å²) < 4.78 is 0. The maximum atomic E-state index is 12.8. The molecule has 0 aliphatic rings. The highest BCUT2D eigenvalue weighted by Gasteiger charge is 2.38. The molecule has 0 bridgehead atoms. The van der Waals surface area contributed by atoms with Crippen LogP contribution in [0.25, 0.3) is 0 Å².